The van der Waals surface area contributed by atoms with E-state index in [4.69, 9.17) is 23.2 Å². The molecule has 0 saturated heterocycles. The normalized spacial score (nSPS) is 12.1. The third kappa shape index (κ3) is 3.61. The summed E-state index contributed by atoms with van der Waals surface area (Å²) in [6, 6.07) is 18.3. The van der Waals surface area contributed by atoms with Crippen LogP contribution in [-0.4, -0.2) is 10.1 Å². The van der Waals surface area contributed by atoms with Gasteiger partial charge >= 0.3 is 0 Å². The smallest absolute Gasteiger partial charge is 0.147 e. The number of anilines is 1. The predicted octanol–water partition coefficient (Wildman–Crippen LogP) is 6.59. The maximum atomic E-state index is 13.5. The Bertz CT molecular complexity index is 1150. The summed E-state index contributed by atoms with van der Waals surface area (Å²) in [5.74, 6) is -0.263. The number of phenolic OH excluding ortho intramolecular Hbond substituents is 1. The molecule has 1 aromatic heterocycles. The largest absolute Gasteiger partial charge is 0.505 e. The van der Waals surface area contributed by atoms with Crippen LogP contribution < -0.4 is 5.32 Å². The maximum absolute atomic E-state index is 13.5. The van der Waals surface area contributed by atoms with Crippen LogP contribution >= 0.6 is 23.2 Å². The first-order valence-electron chi connectivity index (χ1n) is 8.56. The molecule has 4 aromatic rings. The van der Waals surface area contributed by atoms with Gasteiger partial charge in [0.2, 0.25) is 0 Å². The lowest BCUT2D eigenvalue weighted by Gasteiger charge is -2.23. The van der Waals surface area contributed by atoms with Gasteiger partial charge in [0.05, 0.1) is 16.1 Å². The molecule has 0 fully saturated rings. The highest BCUT2D eigenvalue weighted by Crippen LogP contribution is 2.37. The van der Waals surface area contributed by atoms with Crippen molar-refractivity contribution in [1.29, 1.82) is 0 Å². The topological polar surface area (TPSA) is 45.1 Å². The van der Waals surface area contributed by atoms with Crippen LogP contribution in [0.15, 0.2) is 72.9 Å². The Morgan fingerprint density at radius 1 is 0.929 bits per heavy atom. The second kappa shape index (κ2) is 7.66. The molecule has 1 unspecified atom stereocenters. The number of fused-ring (bicyclic) bond motifs is 1. The van der Waals surface area contributed by atoms with Crippen molar-refractivity contribution in [3.63, 3.8) is 0 Å². The first-order valence-corrected chi connectivity index (χ1v) is 9.32. The molecule has 0 bridgehead atoms. The molecule has 3 nitrogen and oxygen atoms in total. The number of nitrogens with one attached hydrogen (secondary N) is 1. The van der Waals surface area contributed by atoms with E-state index < -0.39 is 6.04 Å². The summed E-state index contributed by atoms with van der Waals surface area (Å²) in [5, 5.41) is 15.9. The Morgan fingerprint density at radius 2 is 1.71 bits per heavy atom. The highest BCUT2D eigenvalue weighted by Gasteiger charge is 2.20. The van der Waals surface area contributed by atoms with Crippen LogP contribution in [0, 0.1) is 5.82 Å². The fourth-order valence-corrected chi connectivity index (χ4v) is 3.42. The standard InChI is InChI=1S/C22H15Cl2FN2O/c23-18-10-8-16(12-19(18)24)27-20(14-3-6-15(25)7-4-14)17-9-5-13-2-1-11-26-21(13)22(17)28/h1-12,20,27-28H. The number of benzene rings is 3. The SMILES string of the molecule is Oc1c(C(Nc2ccc(Cl)c(Cl)c2)c2ccc(F)cc2)ccc2cccnc12. The summed E-state index contributed by atoms with van der Waals surface area (Å²) in [4.78, 5) is 4.29. The Hall–Kier alpha value is -2.82. The summed E-state index contributed by atoms with van der Waals surface area (Å²) in [7, 11) is 0. The number of hydrogen-bond donors (Lipinski definition) is 2. The molecule has 3 aromatic carbocycles. The van der Waals surface area contributed by atoms with Crippen LogP contribution in [0.2, 0.25) is 10.0 Å². The average molecular weight is 413 g/mol. The molecule has 0 spiro atoms. The molecule has 0 amide bonds. The number of rotatable bonds is 4. The molecule has 28 heavy (non-hydrogen) atoms. The zero-order valence-electron chi connectivity index (χ0n) is 14.5. The number of aromatic hydroxyl groups is 1. The van der Waals surface area contributed by atoms with Gasteiger partial charge in [0.25, 0.3) is 0 Å². The average Bonchev–Trinajstić information content (AvgIpc) is 2.70. The third-order valence-electron chi connectivity index (χ3n) is 4.52. The molecule has 4 rings (SSSR count). The Morgan fingerprint density at radius 3 is 2.46 bits per heavy atom. The number of pyridine rings is 1. The molecule has 0 radical (unpaired) electrons. The fourth-order valence-electron chi connectivity index (χ4n) is 3.13. The van der Waals surface area contributed by atoms with Crippen LogP contribution in [0.1, 0.15) is 17.2 Å². The minimum atomic E-state index is -0.454. The second-order valence-electron chi connectivity index (χ2n) is 6.34. The Balaban J connectivity index is 1.84. The number of halogens is 3. The zero-order chi connectivity index (χ0) is 19.7. The minimum Gasteiger partial charge on any atom is -0.505 e. The van der Waals surface area contributed by atoms with Gasteiger partial charge in [-0.05, 0) is 42.0 Å². The molecule has 6 heteroatoms. The van der Waals surface area contributed by atoms with E-state index in [1.54, 1.807) is 36.5 Å². The van der Waals surface area contributed by atoms with E-state index >= 15 is 0 Å². The van der Waals surface area contributed by atoms with Gasteiger partial charge in [0, 0.05) is 22.8 Å². The molecule has 0 aliphatic rings. The number of phenols is 1. The molecule has 0 aliphatic heterocycles. The van der Waals surface area contributed by atoms with Gasteiger partial charge in [0.1, 0.15) is 17.1 Å². The van der Waals surface area contributed by atoms with Crippen molar-refractivity contribution < 1.29 is 9.50 Å². The van der Waals surface area contributed by atoms with Crippen LogP contribution in [0.4, 0.5) is 10.1 Å². The highest BCUT2D eigenvalue weighted by atomic mass is 35.5. The molecular formula is C22H15Cl2FN2O. The van der Waals surface area contributed by atoms with Crippen molar-refractivity contribution in [3.05, 3.63) is 99.9 Å². The van der Waals surface area contributed by atoms with Crippen molar-refractivity contribution in [2.24, 2.45) is 0 Å². The molecule has 2 N–H and O–H groups in total. The number of aromatic nitrogens is 1. The molecule has 0 saturated carbocycles. The predicted molar refractivity (Wildman–Crippen MR) is 112 cm³/mol. The van der Waals surface area contributed by atoms with E-state index in [9.17, 15) is 9.50 Å². The highest BCUT2D eigenvalue weighted by molar-refractivity contribution is 6.42. The van der Waals surface area contributed by atoms with Crippen LogP contribution in [0.3, 0.4) is 0 Å². The summed E-state index contributed by atoms with van der Waals surface area (Å²) in [5.41, 5.74) is 2.61. The first kappa shape index (κ1) is 18.5. The van der Waals surface area contributed by atoms with E-state index in [0.717, 1.165) is 10.9 Å². The van der Waals surface area contributed by atoms with Gasteiger partial charge in [-0.3, -0.25) is 4.98 Å². The lowest BCUT2D eigenvalue weighted by atomic mass is 9.96. The molecule has 140 valence electrons. The van der Waals surface area contributed by atoms with E-state index in [1.165, 1.54) is 12.1 Å². The molecule has 1 heterocycles. The van der Waals surface area contributed by atoms with Crippen molar-refractivity contribution in [2.75, 3.05) is 5.32 Å². The van der Waals surface area contributed by atoms with Gasteiger partial charge in [0.15, 0.2) is 0 Å². The maximum Gasteiger partial charge on any atom is 0.147 e. The summed E-state index contributed by atoms with van der Waals surface area (Å²) in [6.45, 7) is 0. The van der Waals surface area contributed by atoms with Gasteiger partial charge in [-0.15, -0.1) is 0 Å². The third-order valence-corrected chi connectivity index (χ3v) is 5.26. The van der Waals surface area contributed by atoms with Crippen LogP contribution in [0.5, 0.6) is 5.75 Å². The molecule has 0 aliphatic carbocycles. The Labute approximate surface area is 171 Å². The first-order chi connectivity index (χ1) is 13.5. The second-order valence-corrected chi connectivity index (χ2v) is 7.15. The lowest BCUT2D eigenvalue weighted by molar-refractivity contribution is 0.471. The van der Waals surface area contributed by atoms with E-state index in [-0.39, 0.29) is 11.6 Å². The monoisotopic (exact) mass is 412 g/mol. The summed E-state index contributed by atoms with van der Waals surface area (Å²) >= 11 is 12.1. The Kier molecular flexibility index (Phi) is 5.07. The van der Waals surface area contributed by atoms with Gasteiger partial charge in [-0.2, -0.15) is 0 Å². The van der Waals surface area contributed by atoms with Crippen molar-refractivity contribution in [1.82, 2.24) is 4.98 Å². The van der Waals surface area contributed by atoms with E-state index in [1.807, 2.05) is 24.3 Å². The molecule has 1 atom stereocenters. The number of hydrogen-bond acceptors (Lipinski definition) is 3. The quantitative estimate of drug-likeness (QED) is 0.397. The van der Waals surface area contributed by atoms with E-state index in [2.05, 4.69) is 10.3 Å². The summed E-state index contributed by atoms with van der Waals surface area (Å²) < 4.78 is 13.5. The lowest BCUT2D eigenvalue weighted by Crippen LogP contribution is -2.13. The van der Waals surface area contributed by atoms with Gasteiger partial charge in [-0.25, -0.2) is 4.39 Å². The van der Waals surface area contributed by atoms with Gasteiger partial charge < -0.3 is 10.4 Å². The summed E-state index contributed by atoms with van der Waals surface area (Å²) in [6.07, 6.45) is 1.63. The van der Waals surface area contributed by atoms with Crippen molar-refractivity contribution in [2.45, 2.75) is 6.04 Å². The fraction of sp³-hybridized carbons (Fsp3) is 0.0455. The van der Waals surface area contributed by atoms with Crippen LogP contribution in [0.25, 0.3) is 10.9 Å². The van der Waals surface area contributed by atoms with Crippen LogP contribution in [-0.2, 0) is 0 Å². The van der Waals surface area contributed by atoms with Gasteiger partial charge in [-0.1, -0.05) is 53.5 Å². The number of nitrogens with zero attached hydrogens (tertiary/aromatic N) is 1. The van der Waals surface area contributed by atoms with Crippen molar-refractivity contribution >= 4 is 39.8 Å². The molecular weight excluding hydrogens is 398 g/mol. The van der Waals surface area contributed by atoms with E-state index in [0.29, 0.717) is 26.8 Å². The zero-order valence-corrected chi connectivity index (χ0v) is 16.0. The van der Waals surface area contributed by atoms with Crippen molar-refractivity contribution in [3.8, 4) is 5.75 Å². The minimum absolute atomic E-state index is 0.0694.